The number of aliphatic hydroxyl groups is 1. The van der Waals surface area contributed by atoms with Crippen LogP contribution in [0.1, 0.15) is 40.0 Å². The first-order valence-electron chi connectivity index (χ1n) is 5.87. The predicted octanol–water partition coefficient (Wildman–Crippen LogP) is 3.17. The molecule has 0 radical (unpaired) electrons. The summed E-state index contributed by atoms with van der Waals surface area (Å²) in [7, 11) is 0. The monoisotopic (exact) mass is 216 g/mol. The van der Waals surface area contributed by atoms with Crippen LogP contribution in [0, 0.1) is 17.8 Å². The molecule has 1 N–H and O–H groups in total. The van der Waals surface area contributed by atoms with Crippen molar-refractivity contribution in [2.75, 3.05) is 12.4 Å². The molecule has 1 aliphatic carbocycles. The fourth-order valence-electron chi connectivity index (χ4n) is 2.35. The van der Waals surface area contributed by atoms with E-state index in [-0.39, 0.29) is 0 Å². The Morgan fingerprint density at radius 2 is 2.07 bits per heavy atom. The maximum absolute atomic E-state index is 8.84. The van der Waals surface area contributed by atoms with E-state index < -0.39 is 0 Å². The summed E-state index contributed by atoms with van der Waals surface area (Å²) < 4.78 is 0. The third-order valence-corrected chi connectivity index (χ3v) is 5.03. The van der Waals surface area contributed by atoms with E-state index in [4.69, 9.17) is 5.11 Å². The number of hydrogen-bond acceptors (Lipinski definition) is 2. The van der Waals surface area contributed by atoms with E-state index in [2.05, 4.69) is 20.8 Å². The van der Waals surface area contributed by atoms with Gasteiger partial charge in [0.1, 0.15) is 0 Å². The second kappa shape index (κ2) is 6.02. The van der Waals surface area contributed by atoms with Crippen LogP contribution < -0.4 is 0 Å². The van der Waals surface area contributed by atoms with Crippen LogP contribution in [-0.2, 0) is 0 Å². The normalized spacial score (nSPS) is 33.6. The summed E-state index contributed by atoms with van der Waals surface area (Å²) in [5.74, 6) is 3.52. The molecule has 0 aromatic carbocycles. The lowest BCUT2D eigenvalue weighted by molar-refractivity contribution is 0.241. The molecule has 1 rings (SSSR count). The molecule has 0 amide bonds. The van der Waals surface area contributed by atoms with Crippen molar-refractivity contribution < 1.29 is 5.11 Å². The summed E-state index contributed by atoms with van der Waals surface area (Å²) in [6.45, 7) is 7.38. The second-order valence-corrected chi connectivity index (χ2v) is 6.27. The maximum Gasteiger partial charge on any atom is 0.0521 e. The topological polar surface area (TPSA) is 20.2 Å². The third-order valence-electron chi connectivity index (χ3n) is 3.53. The van der Waals surface area contributed by atoms with Gasteiger partial charge in [0.05, 0.1) is 6.61 Å². The molecule has 0 aromatic rings. The van der Waals surface area contributed by atoms with E-state index >= 15 is 0 Å². The Bertz CT molecular complexity index is 158. The molecule has 0 aliphatic heterocycles. The molecule has 3 atom stereocenters. The van der Waals surface area contributed by atoms with Gasteiger partial charge in [-0.3, -0.25) is 0 Å². The molecule has 1 saturated carbocycles. The molecule has 1 aliphatic rings. The van der Waals surface area contributed by atoms with E-state index in [9.17, 15) is 0 Å². The fraction of sp³-hybridized carbons (Fsp3) is 1.00. The Morgan fingerprint density at radius 3 is 2.64 bits per heavy atom. The maximum atomic E-state index is 8.84. The Morgan fingerprint density at radius 1 is 1.36 bits per heavy atom. The van der Waals surface area contributed by atoms with Crippen molar-refractivity contribution in [3.05, 3.63) is 0 Å². The molecule has 1 fully saturated rings. The van der Waals surface area contributed by atoms with Crippen LogP contribution in [0.2, 0.25) is 0 Å². The first-order valence-corrected chi connectivity index (χ1v) is 6.92. The van der Waals surface area contributed by atoms with E-state index in [1.807, 2.05) is 11.8 Å². The highest BCUT2D eigenvalue weighted by Crippen LogP contribution is 2.39. The molecule has 0 heterocycles. The lowest BCUT2D eigenvalue weighted by Crippen LogP contribution is -2.28. The highest BCUT2D eigenvalue weighted by Gasteiger charge is 2.29. The van der Waals surface area contributed by atoms with Gasteiger partial charge in [0, 0.05) is 11.0 Å². The lowest BCUT2D eigenvalue weighted by atomic mass is 9.77. The number of thioether (sulfide) groups is 1. The van der Waals surface area contributed by atoms with Crippen LogP contribution in [0.5, 0.6) is 0 Å². The molecule has 0 spiro atoms. The Balaban J connectivity index is 2.38. The molecule has 2 heteroatoms. The van der Waals surface area contributed by atoms with Gasteiger partial charge in [0.25, 0.3) is 0 Å². The van der Waals surface area contributed by atoms with Crippen LogP contribution in [-0.4, -0.2) is 22.7 Å². The largest absolute Gasteiger partial charge is 0.396 e. The minimum atomic E-state index is 0.334. The molecule has 0 bridgehead atoms. The standard InChI is InChI=1S/C12H24OS/c1-9(2)11-5-4-10(3)12(8-11)14-7-6-13/h9-13H,4-8H2,1-3H3. The van der Waals surface area contributed by atoms with Gasteiger partial charge in [0.15, 0.2) is 0 Å². The molecule has 0 aromatic heterocycles. The molecule has 84 valence electrons. The third kappa shape index (κ3) is 3.47. The van der Waals surface area contributed by atoms with Crippen LogP contribution in [0.4, 0.5) is 0 Å². The van der Waals surface area contributed by atoms with Gasteiger partial charge in [-0.1, -0.05) is 20.8 Å². The molecule has 14 heavy (non-hydrogen) atoms. The second-order valence-electron chi connectivity index (χ2n) is 4.93. The molecule has 1 nitrogen and oxygen atoms in total. The van der Waals surface area contributed by atoms with Crippen LogP contribution in [0.3, 0.4) is 0 Å². The van der Waals surface area contributed by atoms with Gasteiger partial charge in [-0.05, 0) is 37.0 Å². The molecular weight excluding hydrogens is 192 g/mol. The molecular formula is C12H24OS. The summed E-state index contributed by atoms with van der Waals surface area (Å²) in [5.41, 5.74) is 0. The lowest BCUT2D eigenvalue weighted by Gasteiger charge is -2.35. The summed E-state index contributed by atoms with van der Waals surface area (Å²) in [6, 6.07) is 0. The van der Waals surface area contributed by atoms with Crippen molar-refractivity contribution in [2.45, 2.75) is 45.3 Å². The van der Waals surface area contributed by atoms with Gasteiger partial charge in [-0.2, -0.15) is 11.8 Å². The fourth-order valence-corrected chi connectivity index (χ4v) is 3.61. The van der Waals surface area contributed by atoms with Crippen LogP contribution in [0.15, 0.2) is 0 Å². The quantitative estimate of drug-likeness (QED) is 0.779. The Hall–Kier alpha value is 0.310. The zero-order valence-electron chi connectivity index (χ0n) is 9.70. The minimum absolute atomic E-state index is 0.334. The van der Waals surface area contributed by atoms with Crippen LogP contribution >= 0.6 is 11.8 Å². The van der Waals surface area contributed by atoms with E-state index in [0.717, 1.165) is 28.8 Å². The highest BCUT2D eigenvalue weighted by molar-refractivity contribution is 7.99. The molecule has 0 saturated heterocycles. The Kier molecular flexibility index (Phi) is 5.32. The SMILES string of the molecule is CC(C)C1CCC(C)C(SCCO)C1. The summed E-state index contributed by atoms with van der Waals surface area (Å²) in [6.07, 6.45) is 4.16. The van der Waals surface area contributed by atoms with Crippen molar-refractivity contribution in [3.63, 3.8) is 0 Å². The predicted molar refractivity (Wildman–Crippen MR) is 64.7 cm³/mol. The number of hydrogen-bond donors (Lipinski definition) is 1. The average Bonchev–Trinajstić information content (AvgIpc) is 2.16. The van der Waals surface area contributed by atoms with Crippen molar-refractivity contribution >= 4 is 11.8 Å². The van der Waals surface area contributed by atoms with Crippen molar-refractivity contribution in [1.29, 1.82) is 0 Å². The van der Waals surface area contributed by atoms with Gasteiger partial charge in [0.2, 0.25) is 0 Å². The van der Waals surface area contributed by atoms with E-state index in [0.29, 0.717) is 6.61 Å². The Labute approximate surface area is 92.7 Å². The number of rotatable bonds is 4. The van der Waals surface area contributed by atoms with E-state index in [1.165, 1.54) is 19.3 Å². The molecule has 3 unspecified atom stereocenters. The zero-order chi connectivity index (χ0) is 10.6. The smallest absolute Gasteiger partial charge is 0.0521 e. The van der Waals surface area contributed by atoms with Crippen LogP contribution in [0.25, 0.3) is 0 Å². The first kappa shape index (κ1) is 12.4. The van der Waals surface area contributed by atoms with Gasteiger partial charge < -0.3 is 5.11 Å². The van der Waals surface area contributed by atoms with Crippen molar-refractivity contribution in [2.24, 2.45) is 17.8 Å². The van der Waals surface area contributed by atoms with Crippen molar-refractivity contribution in [1.82, 2.24) is 0 Å². The van der Waals surface area contributed by atoms with E-state index in [1.54, 1.807) is 0 Å². The highest BCUT2D eigenvalue weighted by atomic mass is 32.2. The van der Waals surface area contributed by atoms with Gasteiger partial charge in [-0.25, -0.2) is 0 Å². The average molecular weight is 216 g/mol. The summed E-state index contributed by atoms with van der Waals surface area (Å²) in [4.78, 5) is 0. The first-order chi connectivity index (χ1) is 6.65. The number of aliphatic hydroxyl groups excluding tert-OH is 1. The minimum Gasteiger partial charge on any atom is -0.396 e. The zero-order valence-corrected chi connectivity index (χ0v) is 10.5. The van der Waals surface area contributed by atoms with Gasteiger partial charge in [-0.15, -0.1) is 0 Å². The van der Waals surface area contributed by atoms with Gasteiger partial charge >= 0.3 is 0 Å². The van der Waals surface area contributed by atoms with Crippen molar-refractivity contribution in [3.8, 4) is 0 Å². The summed E-state index contributed by atoms with van der Waals surface area (Å²) >= 11 is 1.98. The summed E-state index contributed by atoms with van der Waals surface area (Å²) in [5, 5.41) is 9.63.